The van der Waals surface area contributed by atoms with Gasteiger partial charge < -0.3 is 5.32 Å². The quantitative estimate of drug-likeness (QED) is 0.840. The number of aryl methyl sites for hydroxylation is 1. The van der Waals surface area contributed by atoms with Crippen molar-refractivity contribution in [1.82, 2.24) is 15.1 Å². The molecule has 0 aliphatic rings. The molecule has 108 valence electrons. The van der Waals surface area contributed by atoms with E-state index >= 15 is 0 Å². The molecule has 0 saturated carbocycles. The highest BCUT2D eigenvalue weighted by Gasteiger charge is 2.19. The van der Waals surface area contributed by atoms with Gasteiger partial charge in [-0.25, -0.2) is 0 Å². The summed E-state index contributed by atoms with van der Waals surface area (Å²) >= 11 is 9.68. The summed E-state index contributed by atoms with van der Waals surface area (Å²) < 4.78 is 3.08. The third kappa shape index (κ3) is 3.62. The van der Waals surface area contributed by atoms with Crippen LogP contribution in [0, 0.1) is 0 Å². The first-order valence-corrected chi connectivity index (χ1v) is 8.01. The lowest BCUT2D eigenvalue weighted by atomic mass is 10.0. The van der Waals surface area contributed by atoms with Gasteiger partial charge in [0.25, 0.3) is 0 Å². The van der Waals surface area contributed by atoms with Gasteiger partial charge in [-0.2, -0.15) is 5.10 Å². The van der Waals surface area contributed by atoms with Gasteiger partial charge in [-0.3, -0.25) is 4.68 Å². The minimum absolute atomic E-state index is 0.218. The average Bonchev–Trinajstić information content (AvgIpc) is 2.79. The molecule has 1 N–H and O–H groups in total. The molecule has 0 aliphatic carbocycles. The van der Waals surface area contributed by atoms with Crippen molar-refractivity contribution in [2.45, 2.75) is 32.9 Å². The fourth-order valence-corrected chi connectivity index (χ4v) is 3.17. The Morgan fingerprint density at radius 3 is 2.85 bits per heavy atom. The number of nitrogens with zero attached hydrogens (tertiary/aromatic N) is 2. The van der Waals surface area contributed by atoms with E-state index in [1.54, 1.807) is 0 Å². The van der Waals surface area contributed by atoms with E-state index in [1.165, 1.54) is 11.3 Å². The molecule has 0 radical (unpaired) electrons. The second-order valence-corrected chi connectivity index (χ2v) is 5.93. The lowest BCUT2D eigenvalue weighted by Crippen LogP contribution is -2.26. The second-order valence-electron chi connectivity index (χ2n) is 4.64. The molecule has 1 atom stereocenters. The number of hydrogen-bond acceptors (Lipinski definition) is 2. The fraction of sp³-hybridized carbons (Fsp3) is 0.400. The van der Waals surface area contributed by atoms with Gasteiger partial charge in [0, 0.05) is 11.6 Å². The molecular weight excluding hydrogens is 338 g/mol. The number of hydrogen-bond donors (Lipinski definition) is 1. The van der Waals surface area contributed by atoms with Gasteiger partial charge in [-0.15, -0.1) is 0 Å². The highest BCUT2D eigenvalue weighted by molar-refractivity contribution is 9.10. The van der Waals surface area contributed by atoms with Gasteiger partial charge in [0.1, 0.15) is 0 Å². The van der Waals surface area contributed by atoms with Crippen LogP contribution in [0.25, 0.3) is 0 Å². The maximum Gasteiger partial charge on any atom is 0.0698 e. The van der Waals surface area contributed by atoms with Crippen molar-refractivity contribution in [3.63, 3.8) is 0 Å². The summed E-state index contributed by atoms with van der Waals surface area (Å²) in [5, 5.41) is 8.71. The summed E-state index contributed by atoms with van der Waals surface area (Å²) in [5.74, 6) is 0. The molecule has 0 aliphatic heterocycles. The first kappa shape index (κ1) is 15.5. The molecule has 1 heterocycles. The van der Waals surface area contributed by atoms with Crippen molar-refractivity contribution in [3.8, 4) is 0 Å². The third-order valence-electron chi connectivity index (χ3n) is 3.24. The smallest absolute Gasteiger partial charge is 0.0698 e. The van der Waals surface area contributed by atoms with E-state index in [0.717, 1.165) is 29.0 Å². The normalized spacial score (nSPS) is 12.6. The van der Waals surface area contributed by atoms with E-state index in [4.69, 9.17) is 11.6 Å². The van der Waals surface area contributed by atoms with Gasteiger partial charge in [0.2, 0.25) is 0 Å². The van der Waals surface area contributed by atoms with Crippen LogP contribution in [-0.2, 0) is 13.0 Å². The Bertz CT molecular complexity index is 568. The monoisotopic (exact) mass is 355 g/mol. The first-order valence-electron chi connectivity index (χ1n) is 6.84. The number of halogens is 2. The summed E-state index contributed by atoms with van der Waals surface area (Å²) in [7, 11) is 0. The largest absolute Gasteiger partial charge is 0.309 e. The average molecular weight is 357 g/mol. The van der Waals surface area contributed by atoms with E-state index in [2.05, 4.69) is 46.3 Å². The maximum atomic E-state index is 6.07. The molecule has 0 spiro atoms. The van der Waals surface area contributed by atoms with Crippen molar-refractivity contribution in [3.05, 3.63) is 51.2 Å². The zero-order valence-corrected chi connectivity index (χ0v) is 14.1. The van der Waals surface area contributed by atoms with Crippen LogP contribution in [0.1, 0.15) is 31.1 Å². The van der Waals surface area contributed by atoms with Crippen LogP contribution in [0.3, 0.4) is 0 Å². The van der Waals surface area contributed by atoms with Crippen molar-refractivity contribution in [1.29, 1.82) is 0 Å². The summed E-state index contributed by atoms with van der Waals surface area (Å²) in [6, 6.07) is 8.24. The SMILES string of the molecule is CCNC(Cc1cccc(Cl)c1)c1c(Br)cnn1CC. The van der Waals surface area contributed by atoms with E-state index < -0.39 is 0 Å². The fourth-order valence-electron chi connectivity index (χ4n) is 2.38. The molecule has 3 nitrogen and oxygen atoms in total. The number of aromatic nitrogens is 2. The summed E-state index contributed by atoms with van der Waals surface area (Å²) in [6.07, 6.45) is 2.75. The Morgan fingerprint density at radius 1 is 1.40 bits per heavy atom. The Labute approximate surface area is 133 Å². The van der Waals surface area contributed by atoms with Crippen LogP contribution >= 0.6 is 27.5 Å². The number of likely N-dealkylation sites (N-methyl/N-ethyl adjacent to an activating group) is 1. The van der Waals surface area contributed by atoms with Gasteiger partial charge in [-0.1, -0.05) is 30.7 Å². The van der Waals surface area contributed by atoms with E-state index in [0.29, 0.717) is 0 Å². The van der Waals surface area contributed by atoms with Gasteiger partial charge in [0.05, 0.1) is 22.4 Å². The molecule has 1 unspecified atom stereocenters. The number of rotatable bonds is 6. The Kier molecular flexibility index (Phi) is 5.64. The lowest BCUT2D eigenvalue weighted by molar-refractivity contribution is 0.488. The van der Waals surface area contributed by atoms with Crippen LogP contribution in [0.2, 0.25) is 5.02 Å². The van der Waals surface area contributed by atoms with Crippen molar-refractivity contribution >= 4 is 27.5 Å². The van der Waals surface area contributed by atoms with E-state index in [9.17, 15) is 0 Å². The topological polar surface area (TPSA) is 29.9 Å². The second kappa shape index (κ2) is 7.25. The van der Waals surface area contributed by atoms with Crippen LogP contribution in [0.15, 0.2) is 34.9 Å². The predicted octanol–water partition coefficient (Wildman–Crippen LogP) is 4.21. The Hall–Kier alpha value is -0.840. The molecule has 5 heteroatoms. The van der Waals surface area contributed by atoms with Gasteiger partial charge in [-0.05, 0) is 53.5 Å². The van der Waals surface area contributed by atoms with E-state index in [1.807, 2.05) is 29.1 Å². The van der Waals surface area contributed by atoms with Crippen molar-refractivity contribution in [2.24, 2.45) is 0 Å². The molecule has 2 rings (SSSR count). The minimum atomic E-state index is 0.218. The van der Waals surface area contributed by atoms with Crippen LogP contribution < -0.4 is 5.32 Å². The molecule has 0 fully saturated rings. The molecule has 0 bridgehead atoms. The maximum absolute atomic E-state index is 6.07. The molecule has 0 amide bonds. The van der Waals surface area contributed by atoms with Crippen LogP contribution in [0.4, 0.5) is 0 Å². The molecule has 2 aromatic rings. The van der Waals surface area contributed by atoms with Crippen LogP contribution in [-0.4, -0.2) is 16.3 Å². The van der Waals surface area contributed by atoms with Gasteiger partial charge in [0.15, 0.2) is 0 Å². The van der Waals surface area contributed by atoms with Crippen molar-refractivity contribution < 1.29 is 0 Å². The summed E-state index contributed by atoms with van der Waals surface area (Å²) in [4.78, 5) is 0. The van der Waals surface area contributed by atoms with E-state index in [-0.39, 0.29) is 6.04 Å². The van der Waals surface area contributed by atoms with Crippen molar-refractivity contribution in [2.75, 3.05) is 6.54 Å². The molecule has 0 saturated heterocycles. The lowest BCUT2D eigenvalue weighted by Gasteiger charge is -2.20. The molecule has 1 aromatic heterocycles. The first-order chi connectivity index (χ1) is 9.65. The highest BCUT2D eigenvalue weighted by Crippen LogP contribution is 2.27. The Morgan fingerprint density at radius 2 is 2.20 bits per heavy atom. The zero-order valence-electron chi connectivity index (χ0n) is 11.7. The standard InChI is InChI=1S/C15H19BrClN3/c1-3-18-14(9-11-6-5-7-12(17)8-11)15-13(16)10-19-20(15)4-2/h5-8,10,14,18H,3-4,9H2,1-2H3. The van der Waals surface area contributed by atoms with Gasteiger partial charge >= 0.3 is 0 Å². The molecule has 1 aromatic carbocycles. The summed E-state index contributed by atoms with van der Waals surface area (Å²) in [6.45, 7) is 5.99. The number of benzene rings is 1. The third-order valence-corrected chi connectivity index (χ3v) is 4.09. The summed E-state index contributed by atoms with van der Waals surface area (Å²) in [5.41, 5.74) is 2.41. The number of nitrogens with one attached hydrogen (secondary N) is 1. The molecular formula is C15H19BrClN3. The zero-order chi connectivity index (χ0) is 14.5. The Balaban J connectivity index is 2.29. The predicted molar refractivity (Wildman–Crippen MR) is 87.2 cm³/mol. The highest BCUT2D eigenvalue weighted by atomic mass is 79.9. The van der Waals surface area contributed by atoms with Crippen LogP contribution in [0.5, 0.6) is 0 Å². The molecule has 20 heavy (non-hydrogen) atoms. The minimum Gasteiger partial charge on any atom is -0.309 e.